The van der Waals surface area contributed by atoms with Crippen LogP contribution in [0.25, 0.3) is 54.6 Å². The number of hydrogen-bond acceptors (Lipinski definition) is 1. The van der Waals surface area contributed by atoms with Gasteiger partial charge in [0.1, 0.15) is 23.2 Å². The summed E-state index contributed by atoms with van der Waals surface area (Å²) in [4.78, 5) is 0. The maximum absolute atomic E-state index is 14.7. The van der Waals surface area contributed by atoms with Crippen molar-refractivity contribution in [2.45, 2.75) is 6.36 Å². The molecule has 0 aliphatic carbocycles. The minimum absolute atomic E-state index is 0.364. The summed E-state index contributed by atoms with van der Waals surface area (Å²) < 4.78 is 86.1. The molecule has 7 heteroatoms. The van der Waals surface area contributed by atoms with Gasteiger partial charge in [0.2, 0.25) is 0 Å². The Morgan fingerprint density at radius 1 is 0.500 bits per heavy atom. The third kappa shape index (κ3) is 4.10. The third-order valence-electron chi connectivity index (χ3n) is 6.56. The van der Waals surface area contributed by atoms with Crippen LogP contribution in [0.4, 0.5) is 26.3 Å². The Morgan fingerprint density at radius 2 is 1.08 bits per heavy atom. The second-order valence-electron chi connectivity index (χ2n) is 8.84. The van der Waals surface area contributed by atoms with Gasteiger partial charge in [-0.2, -0.15) is 0 Å². The zero-order chi connectivity index (χ0) is 26.6. The normalized spacial score (nSPS) is 11.9. The summed E-state index contributed by atoms with van der Waals surface area (Å²) in [6.45, 7) is 0. The van der Waals surface area contributed by atoms with Crippen molar-refractivity contribution in [1.82, 2.24) is 0 Å². The zero-order valence-electron chi connectivity index (χ0n) is 19.4. The van der Waals surface area contributed by atoms with E-state index in [0.717, 1.165) is 0 Å². The highest BCUT2D eigenvalue weighted by atomic mass is 19.4. The summed E-state index contributed by atoms with van der Waals surface area (Å²) in [6, 6.07) is 23.5. The van der Waals surface area contributed by atoms with Gasteiger partial charge in [0, 0.05) is 5.39 Å². The van der Waals surface area contributed by atoms with Crippen LogP contribution in [0, 0.1) is 17.5 Å². The van der Waals surface area contributed by atoms with Crippen molar-refractivity contribution < 1.29 is 31.1 Å². The van der Waals surface area contributed by atoms with Crippen LogP contribution in [0.1, 0.15) is 0 Å². The fourth-order valence-electron chi connectivity index (χ4n) is 5.09. The van der Waals surface area contributed by atoms with Gasteiger partial charge in [-0.05, 0) is 91.6 Å². The molecule has 0 radical (unpaired) electrons. The number of fused-ring (bicyclic) bond motifs is 3. The van der Waals surface area contributed by atoms with Crippen LogP contribution < -0.4 is 4.74 Å². The van der Waals surface area contributed by atoms with Crippen LogP contribution in [0.2, 0.25) is 0 Å². The quantitative estimate of drug-likeness (QED) is 0.167. The first kappa shape index (κ1) is 23.9. The van der Waals surface area contributed by atoms with E-state index in [-0.39, 0.29) is 5.75 Å². The number of halogens is 6. The molecule has 38 heavy (non-hydrogen) atoms. The lowest BCUT2D eigenvalue weighted by molar-refractivity contribution is -0.274. The molecule has 0 amide bonds. The molecule has 0 aromatic heterocycles. The molecule has 0 bridgehead atoms. The lowest BCUT2D eigenvalue weighted by Gasteiger charge is -2.19. The standard InChI is InChI=1S/C31H16F6O/c32-18-9-13-24-26(15-18)30(23-5-1-4-22-21(23)3-2-6-28(22)34)27-16-19(33)10-14-25(27)29(24)17-7-11-20(12-8-17)38-31(35,36)37/h1-16H. The largest absolute Gasteiger partial charge is 0.573 e. The zero-order valence-corrected chi connectivity index (χ0v) is 19.4. The summed E-state index contributed by atoms with van der Waals surface area (Å²) in [5, 5.41) is 3.03. The molecule has 188 valence electrons. The Kier molecular flexibility index (Phi) is 5.52. The van der Waals surface area contributed by atoms with E-state index in [1.54, 1.807) is 42.5 Å². The Hall–Kier alpha value is -4.52. The molecule has 0 aliphatic heterocycles. The number of ether oxygens (including phenoxy) is 1. The summed E-state index contributed by atoms with van der Waals surface area (Å²) >= 11 is 0. The predicted molar refractivity (Wildman–Crippen MR) is 136 cm³/mol. The molecular formula is C31H16F6O. The molecule has 6 rings (SSSR count). The minimum atomic E-state index is -4.84. The Morgan fingerprint density at radius 3 is 1.68 bits per heavy atom. The number of rotatable bonds is 3. The summed E-state index contributed by atoms with van der Waals surface area (Å²) in [7, 11) is 0. The number of hydrogen-bond donors (Lipinski definition) is 0. The first-order chi connectivity index (χ1) is 18.2. The minimum Gasteiger partial charge on any atom is -0.406 e. The number of alkyl halides is 3. The van der Waals surface area contributed by atoms with E-state index in [1.165, 1.54) is 54.6 Å². The molecule has 0 unspecified atom stereocenters. The van der Waals surface area contributed by atoms with E-state index in [9.17, 15) is 26.3 Å². The number of benzene rings is 6. The highest BCUT2D eigenvalue weighted by molar-refractivity contribution is 6.23. The van der Waals surface area contributed by atoms with E-state index in [1.807, 2.05) is 0 Å². The van der Waals surface area contributed by atoms with Gasteiger partial charge < -0.3 is 4.74 Å². The van der Waals surface area contributed by atoms with Crippen LogP contribution in [-0.4, -0.2) is 6.36 Å². The van der Waals surface area contributed by atoms with E-state index in [4.69, 9.17) is 0 Å². The molecule has 0 atom stereocenters. The van der Waals surface area contributed by atoms with E-state index >= 15 is 0 Å². The highest BCUT2D eigenvalue weighted by Crippen LogP contribution is 2.46. The first-order valence-corrected chi connectivity index (χ1v) is 11.6. The molecule has 0 saturated heterocycles. The maximum atomic E-state index is 14.7. The van der Waals surface area contributed by atoms with Gasteiger partial charge >= 0.3 is 6.36 Å². The monoisotopic (exact) mass is 518 g/mol. The van der Waals surface area contributed by atoms with Crippen molar-refractivity contribution in [3.05, 3.63) is 115 Å². The topological polar surface area (TPSA) is 9.23 Å². The van der Waals surface area contributed by atoms with Crippen molar-refractivity contribution >= 4 is 32.3 Å². The van der Waals surface area contributed by atoms with Crippen LogP contribution >= 0.6 is 0 Å². The van der Waals surface area contributed by atoms with E-state index < -0.39 is 23.8 Å². The first-order valence-electron chi connectivity index (χ1n) is 11.6. The van der Waals surface area contributed by atoms with Gasteiger partial charge in [-0.25, -0.2) is 13.2 Å². The van der Waals surface area contributed by atoms with Gasteiger partial charge in [-0.1, -0.05) is 54.6 Å². The van der Waals surface area contributed by atoms with Crippen LogP contribution in [0.3, 0.4) is 0 Å². The third-order valence-corrected chi connectivity index (χ3v) is 6.56. The molecular weight excluding hydrogens is 502 g/mol. The van der Waals surface area contributed by atoms with Crippen LogP contribution in [0.5, 0.6) is 5.75 Å². The van der Waals surface area contributed by atoms with E-state index in [0.29, 0.717) is 54.6 Å². The fraction of sp³-hybridized carbons (Fsp3) is 0.0323. The Bertz CT molecular complexity index is 1790. The maximum Gasteiger partial charge on any atom is 0.573 e. The van der Waals surface area contributed by atoms with Gasteiger partial charge in [-0.3, -0.25) is 0 Å². The molecule has 0 fully saturated rings. The molecule has 0 N–H and O–H groups in total. The van der Waals surface area contributed by atoms with Crippen molar-refractivity contribution in [2.75, 3.05) is 0 Å². The fourth-order valence-corrected chi connectivity index (χ4v) is 5.09. The van der Waals surface area contributed by atoms with Crippen molar-refractivity contribution in [3.8, 4) is 28.0 Å². The second-order valence-corrected chi connectivity index (χ2v) is 8.84. The smallest absolute Gasteiger partial charge is 0.406 e. The van der Waals surface area contributed by atoms with Gasteiger partial charge in [0.25, 0.3) is 0 Å². The van der Waals surface area contributed by atoms with Gasteiger partial charge in [0.05, 0.1) is 0 Å². The van der Waals surface area contributed by atoms with Crippen molar-refractivity contribution in [3.63, 3.8) is 0 Å². The lowest BCUT2D eigenvalue weighted by Crippen LogP contribution is -2.16. The molecule has 6 aromatic rings. The SMILES string of the molecule is Fc1ccc2c(-c3ccc(OC(F)(F)F)cc3)c3ccc(F)cc3c(-c3cccc4c(F)cccc34)c2c1. The molecule has 0 spiro atoms. The highest BCUT2D eigenvalue weighted by Gasteiger charge is 2.31. The van der Waals surface area contributed by atoms with Gasteiger partial charge in [-0.15, -0.1) is 13.2 Å². The van der Waals surface area contributed by atoms with Crippen LogP contribution in [0.15, 0.2) is 97.1 Å². The average molecular weight is 518 g/mol. The average Bonchev–Trinajstić information content (AvgIpc) is 2.87. The Labute approximate surface area is 212 Å². The van der Waals surface area contributed by atoms with E-state index in [2.05, 4.69) is 4.74 Å². The molecule has 0 heterocycles. The lowest BCUT2D eigenvalue weighted by atomic mass is 9.84. The van der Waals surface area contributed by atoms with Gasteiger partial charge in [0.15, 0.2) is 0 Å². The molecule has 0 aliphatic rings. The Balaban J connectivity index is 1.72. The summed E-state index contributed by atoms with van der Waals surface area (Å²) in [6.07, 6.45) is -4.84. The molecule has 0 saturated carbocycles. The van der Waals surface area contributed by atoms with Crippen LogP contribution in [-0.2, 0) is 0 Å². The predicted octanol–water partition coefficient (Wildman–Crippen LogP) is 9.80. The summed E-state index contributed by atoms with van der Waals surface area (Å²) in [5.74, 6) is -1.86. The second kappa shape index (κ2) is 8.80. The molecule has 6 aromatic carbocycles. The van der Waals surface area contributed by atoms with Crippen molar-refractivity contribution in [2.24, 2.45) is 0 Å². The molecule has 1 nitrogen and oxygen atoms in total. The van der Waals surface area contributed by atoms with Crippen molar-refractivity contribution in [1.29, 1.82) is 0 Å². The summed E-state index contributed by atoms with van der Waals surface area (Å²) in [5.41, 5.74) is 2.23.